The molecule has 2 aromatic heterocycles. The average molecular weight is 436 g/mol. The first kappa shape index (κ1) is 22.7. The SMILES string of the molecule is C=CCNC(=O)CCc1c(C)nc2cc(C3CCN(CC4CC=CCC4)CC3)nn2c1C. The summed E-state index contributed by atoms with van der Waals surface area (Å²) in [6, 6.07) is 2.17. The number of fused-ring (bicyclic) bond motifs is 1. The molecule has 3 heterocycles. The predicted molar refractivity (Wildman–Crippen MR) is 129 cm³/mol. The summed E-state index contributed by atoms with van der Waals surface area (Å²) in [6.07, 6.45) is 13.7. The van der Waals surface area contributed by atoms with Crippen molar-refractivity contribution in [2.24, 2.45) is 5.92 Å². The van der Waals surface area contributed by atoms with Gasteiger partial charge in [-0.05, 0) is 76.9 Å². The van der Waals surface area contributed by atoms with Crippen LogP contribution in [0.3, 0.4) is 0 Å². The van der Waals surface area contributed by atoms with Crippen LogP contribution in [0.2, 0.25) is 0 Å². The van der Waals surface area contributed by atoms with Crippen LogP contribution in [0, 0.1) is 19.8 Å². The zero-order valence-electron chi connectivity index (χ0n) is 19.6. The Morgan fingerprint density at radius 3 is 2.78 bits per heavy atom. The van der Waals surface area contributed by atoms with Crippen LogP contribution in [-0.4, -0.2) is 51.6 Å². The van der Waals surface area contributed by atoms with Crippen LogP contribution in [0.15, 0.2) is 30.9 Å². The monoisotopic (exact) mass is 435 g/mol. The van der Waals surface area contributed by atoms with Crippen molar-refractivity contribution in [3.8, 4) is 0 Å². The highest BCUT2D eigenvalue weighted by molar-refractivity contribution is 5.76. The number of carbonyl (C=O) groups excluding carboxylic acids is 1. The Morgan fingerprint density at radius 2 is 2.06 bits per heavy atom. The van der Waals surface area contributed by atoms with Crippen molar-refractivity contribution in [2.45, 2.75) is 64.7 Å². The molecule has 2 aliphatic rings. The van der Waals surface area contributed by atoms with Gasteiger partial charge in [-0.2, -0.15) is 5.10 Å². The number of allylic oxidation sites excluding steroid dienone is 2. The number of nitrogens with one attached hydrogen (secondary N) is 1. The van der Waals surface area contributed by atoms with Crippen molar-refractivity contribution >= 4 is 11.6 Å². The lowest BCUT2D eigenvalue weighted by molar-refractivity contribution is -0.120. The van der Waals surface area contributed by atoms with Crippen molar-refractivity contribution < 1.29 is 4.79 Å². The van der Waals surface area contributed by atoms with Crippen LogP contribution in [0.4, 0.5) is 0 Å². The first-order valence-electron chi connectivity index (χ1n) is 12.2. The van der Waals surface area contributed by atoms with E-state index < -0.39 is 0 Å². The van der Waals surface area contributed by atoms with E-state index in [4.69, 9.17) is 10.1 Å². The number of likely N-dealkylation sites (tertiary alicyclic amines) is 1. The second kappa shape index (κ2) is 10.4. The normalized spacial score (nSPS) is 20.0. The molecule has 1 atom stereocenters. The highest BCUT2D eigenvalue weighted by atomic mass is 16.1. The zero-order chi connectivity index (χ0) is 22.5. The van der Waals surface area contributed by atoms with E-state index in [1.807, 2.05) is 11.4 Å². The number of aromatic nitrogens is 3. The number of piperidine rings is 1. The van der Waals surface area contributed by atoms with Gasteiger partial charge in [-0.25, -0.2) is 9.50 Å². The van der Waals surface area contributed by atoms with Gasteiger partial charge in [0.2, 0.25) is 5.91 Å². The van der Waals surface area contributed by atoms with Gasteiger partial charge in [0.25, 0.3) is 0 Å². The fourth-order valence-corrected chi connectivity index (χ4v) is 5.22. The number of nitrogens with zero attached hydrogens (tertiary/aromatic N) is 4. The minimum atomic E-state index is 0.0426. The second-order valence-electron chi connectivity index (χ2n) is 9.42. The lowest BCUT2D eigenvalue weighted by atomic mass is 9.90. The van der Waals surface area contributed by atoms with E-state index in [2.05, 4.69) is 41.9 Å². The van der Waals surface area contributed by atoms with Crippen LogP contribution in [-0.2, 0) is 11.2 Å². The zero-order valence-corrected chi connectivity index (χ0v) is 19.6. The lowest BCUT2D eigenvalue weighted by Gasteiger charge is -2.34. The minimum Gasteiger partial charge on any atom is -0.353 e. The van der Waals surface area contributed by atoms with Gasteiger partial charge in [0, 0.05) is 42.9 Å². The predicted octanol–water partition coefficient (Wildman–Crippen LogP) is 4.12. The molecule has 2 aromatic rings. The Kier molecular flexibility index (Phi) is 7.40. The Labute approximate surface area is 191 Å². The molecule has 0 spiro atoms. The summed E-state index contributed by atoms with van der Waals surface area (Å²) in [5.41, 5.74) is 5.30. The van der Waals surface area contributed by atoms with E-state index in [0.29, 0.717) is 25.3 Å². The van der Waals surface area contributed by atoms with Gasteiger partial charge in [0.1, 0.15) is 0 Å². The third kappa shape index (κ3) is 5.29. The van der Waals surface area contributed by atoms with E-state index in [0.717, 1.165) is 41.6 Å². The summed E-state index contributed by atoms with van der Waals surface area (Å²) in [5.74, 6) is 1.38. The molecular formula is C26H37N5O. The van der Waals surface area contributed by atoms with Crippen molar-refractivity contribution in [3.05, 3.63) is 53.5 Å². The molecule has 6 nitrogen and oxygen atoms in total. The molecule has 1 unspecified atom stereocenters. The molecule has 1 amide bonds. The van der Waals surface area contributed by atoms with Crippen molar-refractivity contribution in [1.82, 2.24) is 24.8 Å². The first-order valence-corrected chi connectivity index (χ1v) is 12.2. The fourth-order valence-electron chi connectivity index (χ4n) is 5.22. The molecule has 1 aliphatic carbocycles. The Morgan fingerprint density at radius 1 is 1.25 bits per heavy atom. The van der Waals surface area contributed by atoms with E-state index in [1.165, 1.54) is 44.3 Å². The van der Waals surface area contributed by atoms with Gasteiger partial charge in [0.05, 0.1) is 5.69 Å². The fraction of sp³-hybridized carbons (Fsp3) is 0.577. The van der Waals surface area contributed by atoms with Gasteiger partial charge in [-0.1, -0.05) is 18.2 Å². The Hall–Kier alpha value is -2.47. The smallest absolute Gasteiger partial charge is 0.220 e. The number of rotatable bonds is 8. The second-order valence-corrected chi connectivity index (χ2v) is 9.42. The summed E-state index contributed by atoms with van der Waals surface area (Å²) in [4.78, 5) is 19.5. The highest BCUT2D eigenvalue weighted by Crippen LogP contribution is 2.30. The molecule has 0 aromatic carbocycles. The van der Waals surface area contributed by atoms with Crippen LogP contribution in [0.1, 0.15) is 67.1 Å². The molecule has 0 radical (unpaired) electrons. The first-order chi connectivity index (χ1) is 15.5. The van der Waals surface area contributed by atoms with E-state index in [-0.39, 0.29) is 5.91 Å². The maximum Gasteiger partial charge on any atom is 0.220 e. The third-order valence-electron chi connectivity index (χ3n) is 7.13. The van der Waals surface area contributed by atoms with Gasteiger partial charge >= 0.3 is 0 Å². The van der Waals surface area contributed by atoms with Crippen molar-refractivity contribution in [3.63, 3.8) is 0 Å². The van der Waals surface area contributed by atoms with Gasteiger partial charge in [-0.3, -0.25) is 4.79 Å². The molecule has 4 rings (SSSR count). The molecular weight excluding hydrogens is 398 g/mol. The lowest BCUT2D eigenvalue weighted by Crippen LogP contribution is -2.36. The number of carbonyl (C=O) groups is 1. The number of aryl methyl sites for hydroxylation is 2. The molecule has 6 heteroatoms. The molecule has 32 heavy (non-hydrogen) atoms. The summed E-state index contributed by atoms with van der Waals surface area (Å²) in [6.45, 7) is 11.8. The summed E-state index contributed by atoms with van der Waals surface area (Å²) >= 11 is 0. The third-order valence-corrected chi connectivity index (χ3v) is 7.13. The Balaban J connectivity index is 1.40. The van der Waals surface area contributed by atoms with Gasteiger partial charge in [0.15, 0.2) is 5.65 Å². The summed E-state index contributed by atoms with van der Waals surface area (Å²) in [7, 11) is 0. The largest absolute Gasteiger partial charge is 0.353 e. The van der Waals surface area contributed by atoms with Crippen molar-refractivity contribution in [1.29, 1.82) is 0 Å². The topological polar surface area (TPSA) is 62.5 Å². The molecule has 172 valence electrons. The molecule has 0 saturated carbocycles. The molecule has 1 fully saturated rings. The van der Waals surface area contributed by atoms with Gasteiger partial charge in [-0.15, -0.1) is 6.58 Å². The number of hydrogen-bond donors (Lipinski definition) is 1. The van der Waals surface area contributed by atoms with Crippen molar-refractivity contribution in [2.75, 3.05) is 26.2 Å². The maximum absolute atomic E-state index is 12.0. The standard InChI is InChI=1S/C26H37N5O/c1-4-14-27-26(32)11-10-23-19(2)28-25-17-24(29-31(25)20(23)3)22-12-15-30(16-13-22)18-21-8-6-5-7-9-21/h4-6,17,21-22H,1,7-16,18H2,2-3H3,(H,27,32). The van der Waals surface area contributed by atoms with Crippen LogP contribution in [0.5, 0.6) is 0 Å². The minimum absolute atomic E-state index is 0.0426. The number of hydrogen-bond acceptors (Lipinski definition) is 4. The number of amides is 1. The average Bonchev–Trinajstić information content (AvgIpc) is 3.23. The maximum atomic E-state index is 12.0. The van der Waals surface area contributed by atoms with Crippen LogP contribution < -0.4 is 5.32 Å². The molecule has 1 aliphatic heterocycles. The summed E-state index contributed by atoms with van der Waals surface area (Å²) < 4.78 is 1.99. The molecule has 0 bridgehead atoms. The molecule has 1 N–H and O–H groups in total. The van der Waals surface area contributed by atoms with Crippen LogP contribution >= 0.6 is 0 Å². The van der Waals surface area contributed by atoms with Crippen LogP contribution in [0.25, 0.3) is 5.65 Å². The quantitative estimate of drug-likeness (QED) is 0.634. The highest BCUT2D eigenvalue weighted by Gasteiger charge is 2.25. The van der Waals surface area contributed by atoms with E-state index in [1.54, 1.807) is 6.08 Å². The summed E-state index contributed by atoms with van der Waals surface area (Å²) in [5, 5.41) is 7.82. The van der Waals surface area contributed by atoms with Gasteiger partial charge < -0.3 is 10.2 Å². The van der Waals surface area contributed by atoms with E-state index in [9.17, 15) is 4.79 Å². The van der Waals surface area contributed by atoms with E-state index >= 15 is 0 Å². The molecule has 1 saturated heterocycles. The Bertz CT molecular complexity index is 984.